The molecule has 1 heterocycles. The molecule has 5 nitrogen and oxygen atoms in total. The second-order valence-electron chi connectivity index (χ2n) is 4.17. The summed E-state index contributed by atoms with van der Waals surface area (Å²) in [5.41, 5.74) is 1.28. The Kier molecular flexibility index (Phi) is 3.55. The smallest absolute Gasteiger partial charge is 0.251 e. The van der Waals surface area contributed by atoms with Crippen molar-refractivity contribution >= 4 is 22.5 Å². The normalized spacial score (nSPS) is 10.5. The highest BCUT2D eigenvalue weighted by atomic mass is 16.5. The van der Waals surface area contributed by atoms with E-state index in [2.05, 4.69) is 5.32 Å². The van der Waals surface area contributed by atoms with Crippen LogP contribution in [0.25, 0.3) is 10.9 Å². The van der Waals surface area contributed by atoms with Crippen molar-refractivity contribution < 1.29 is 9.53 Å². The molecule has 1 amide bonds. The highest BCUT2D eigenvalue weighted by molar-refractivity contribution is 6.02. The highest BCUT2D eigenvalue weighted by Crippen LogP contribution is 2.30. The van der Waals surface area contributed by atoms with Crippen LogP contribution in [-0.2, 0) is 11.3 Å². The van der Waals surface area contributed by atoms with E-state index in [9.17, 15) is 9.59 Å². The summed E-state index contributed by atoms with van der Waals surface area (Å²) in [6.45, 7) is 3.88. The first-order valence-corrected chi connectivity index (χ1v) is 6.06. The lowest BCUT2D eigenvalue weighted by molar-refractivity contribution is -0.114. The van der Waals surface area contributed by atoms with Gasteiger partial charge in [0.05, 0.1) is 18.3 Å². The fourth-order valence-corrected chi connectivity index (χ4v) is 2.17. The first-order valence-electron chi connectivity index (χ1n) is 6.06. The van der Waals surface area contributed by atoms with Gasteiger partial charge in [0.25, 0.3) is 5.56 Å². The third-order valence-corrected chi connectivity index (χ3v) is 2.96. The molecular weight excluding hydrogens is 244 g/mol. The number of hydrogen-bond donors (Lipinski definition) is 1. The lowest BCUT2D eigenvalue weighted by Gasteiger charge is -2.14. The number of carbonyl (C=O) groups is 1. The number of carbonyl (C=O) groups excluding carboxylic acids is 1. The number of aromatic nitrogens is 1. The maximum Gasteiger partial charge on any atom is 0.251 e. The third kappa shape index (κ3) is 2.31. The van der Waals surface area contributed by atoms with Crippen LogP contribution in [0.2, 0.25) is 0 Å². The Hall–Kier alpha value is -2.30. The van der Waals surface area contributed by atoms with Gasteiger partial charge in [-0.25, -0.2) is 0 Å². The second-order valence-corrected chi connectivity index (χ2v) is 4.17. The maximum absolute atomic E-state index is 11.9. The number of hydrogen-bond acceptors (Lipinski definition) is 3. The molecule has 1 aromatic carbocycles. The number of aryl methyl sites for hydroxylation is 1. The standard InChI is InChI=1S/C14H16N2O3/c1-4-16-13(18)8-5-10-11(15-9(2)17)6-7-12(19-3)14(10)16/h5-8H,4H2,1-3H3,(H,15,17). The van der Waals surface area contributed by atoms with Crippen molar-refractivity contribution in [3.63, 3.8) is 0 Å². The summed E-state index contributed by atoms with van der Waals surface area (Å²) < 4.78 is 6.94. The van der Waals surface area contributed by atoms with Crippen molar-refractivity contribution in [2.24, 2.45) is 0 Å². The largest absolute Gasteiger partial charge is 0.495 e. The van der Waals surface area contributed by atoms with Crippen molar-refractivity contribution in [3.05, 3.63) is 34.6 Å². The molecular formula is C14H16N2O3. The molecule has 0 atom stereocenters. The molecule has 0 saturated heterocycles. The number of benzene rings is 1. The average molecular weight is 260 g/mol. The number of amides is 1. The SMILES string of the molecule is CCn1c(=O)ccc2c(NC(C)=O)ccc(OC)c21. The van der Waals surface area contributed by atoms with Gasteiger partial charge in [0.15, 0.2) is 0 Å². The molecule has 1 N–H and O–H groups in total. The summed E-state index contributed by atoms with van der Waals surface area (Å²) >= 11 is 0. The number of ether oxygens (including phenoxy) is 1. The van der Waals surface area contributed by atoms with Gasteiger partial charge >= 0.3 is 0 Å². The van der Waals surface area contributed by atoms with Crippen LogP contribution < -0.4 is 15.6 Å². The summed E-state index contributed by atoms with van der Waals surface area (Å²) in [7, 11) is 1.56. The zero-order valence-electron chi connectivity index (χ0n) is 11.2. The van der Waals surface area contributed by atoms with E-state index < -0.39 is 0 Å². The van der Waals surface area contributed by atoms with Gasteiger partial charge in [0.2, 0.25) is 5.91 Å². The fraction of sp³-hybridized carbons (Fsp3) is 0.286. The minimum Gasteiger partial charge on any atom is -0.495 e. The molecule has 1 aromatic heterocycles. The first kappa shape index (κ1) is 13.1. The quantitative estimate of drug-likeness (QED) is 0.918. The number of fused-ring (bicyclic) bond motifs is 1. The van der Waals surface area contributed by atoms with Crippen molar-refractivity contribution in [1.29, 1.82) is 0 Å². The molecule has 0 aliphatic heterocycles. The lowest BCUT2D eigenvalue weighted by Crippen LogP contribution is -2.19. The van der Waals surface area contributed by atoms with E-state index in [1.807, 2.05) is 6.92 Å². The average Bonchev–Trinajstić information content (AvgIpc) is 2.38. The van der Waals surface area contributed by atoms with Crippen LogP contribution in [0.15, 0.2) is 29.1 Å². The summed E-state index contributed by atoms with van der Waals surface area (Å²) in [5.74, 6) is 0.462. The van der Waals surface area contributed by atoms with E-state index in [1.165, 1.54) is 13.0 Å². The number of nitrogens with one attached hydrogen (secondary N) is 1. The Morgan fingerprint density at radius 2 is 2.05 bits per heavy atom. The van der Waals surface area contributed by atoms with E-state index >= 15 is 0 Å². The Balaban J connectivity index is 2.84. The minimum atomic E-state index is -0.152. The number of nitrogens with zero attached hydrogens (tertiary/aromatic N) is 1. The van der Waals surface area contributed by atoms with E-state index in [0.29, 0.717) is 23.5 Å². The molecule has 0 radical (unpaired) electrons. The molecule has 0 unspecified atom stereocenters. The van der Waals surface area contributed by atoms with Crippen LogP contribution in [0.1, 0.15) is 13.8 Å². The Labute approximate surface area is 110 Å². The monoisotopic (exact) mass is 260 g/mol. The van der Waals surface area contributed by atoms with Crippen LogP contribution in [0.4, 0.5) is 5.69 Å². The molecule has 0 fully saturated rings. The predicted molar refractivity (Wildman–Crippen MR) is 74.7 cm³/mol. The fourth-order valence-electron chi connectivity index (χ4n) is 2.17. The van der Waals surface area contributed by atoms with Crippen molar-refractivity contribution in [1.82, 2.24) is 4.57 Å². The van der Waals surface area contributed by atoms with Gasteiger partial charge in [-0.15, -0.1) is 0 Å². The van der Waals surface area contributed by atoms with Gasteiger partial charge in [-0.3, -0.25) is 9.59 Å². The molecule has 100 valence electrons. The van der Waals surface area contributed by atoms with E-state index in [0.717, 1.165) is 5.39 Å². The number of rotatable bonds is 3. The number of anilines is 1. The van der Waals surface area contributed by atoms with E-state index in [-0.39, 0.29) is 11.5 Å². The first-order chi connectivity index (χ1) is 9.08. The molecule has 0 saturated carbocycles. The molecule has 0 aliphatic carbocycles. The number of methoxy groups -OCH3 is 1. The summed E-state index contributed by atoms with van der Waals surface area (Å²) in [5, 5.41) is 3.55. The summed E-state index contributed by atoms with van der Waals surface area (Å²) in [6.07, 6.45) is 0. The Bertz CT molecular complexity index is 689. The van der Waals surface area contributed by atoms with E-state index in [4.69, 9.17) is 4.74 Å². The minimum absolute atomic E-state index is 0.0896. The molecule has 2 aromatic rings. The number of pyridine rings is 1. The topological polar surface area (TPSA) is 60.3 Å². The van der Waals surface area contributed by atoms with Crippen LogP contribution in [-0.4, -0.2) is 17.6 Å². The Morgan fingerprint density at radius 1 is 1.32 bits per heavy atom. The molecule has 19 heavy (non-hydrogen) atoms. The molecule has 0 bridgehead atoms. The van der Waals surface area contributed by atoms with Gasteiger partial charge in [-0.05, 0) is 25.1 Å². The highest BCUT2D eigenvalue weighted by Gasteiger charge is 2.11. The van der Waals surface area contributed by atoms with E-state index in [1.54, 1.807) is 29.9 Å². The molecule has 0 aliphatic rings. The van der Waals surface area contributed by atoms with Crippen molar-refractivity contribution in [3.8, 4) is 5.75 Å². The zero-order valence-corrected chi connectivity index (χ0v) is 11.2. The van der Waals surface area contributed by atoms with Crippen LogP contribution >= 0.6 is 0 Å². The van der Waals surface area contributed by atoms with Crippen LogP contribution in [0.3, 0.4) is 0 Å². The van der Waals surface area contributed by atoms with Gasteiger partial charge in [-0.2, -0.15) is 0 Å². The lowest BCUT2D eigenvalue weighted by atomic mass is 10.1. The Morgan fingerprint density at radius 3 is 2.63 bits per heavy atom. The molecule has 5 heteroatoms. The van der Waals surface area contributed by atoms with Crippen molar-refractivity contribution in [2.75, 3.05) is 12.4 Å². The molecule has 2 rings (SSSR count). The third-order valence-electron chi connectivity index (χ3n) is 2.96. The summed E-state index contributed by atoms with van der Waals surface area (Å²) in [4.78, 5) is 23.1. The van der Waals surface area contributed by atoms with Gasteiger partial charge in [0.1, 0.15) is 5.75 Å². The summed E-state index contributed by atoms with van der Waals surface area (Å²) in [6, 6.07) is 6.72. The van der Waals surface area contributed by atoms with Gasteiger partial charge < -0.3 is 14.6 Å². The van der Waals surface area contributed by atoms with Crippen LogP contribution in [0.5, 0.6) is 5.75 Å². The van der Waals surface area contributed by atoms with Crippen molar-refractivity contribution in [2.45, 2.75) is 20.4 Å². The van der Waals surface area contributed by atoms with Gasteiger partial charge in [0, 0.05) is 24.9 Å². The second kappa shape index (κ2) is 5.14. The maximum atomic E-state index is 11.9. The predicted octanol–water partition coefficient (Wildman–Crippen LogP) is 1.99. The van der Waals surface area contributed by atoms with Gasteiger partial charge in [-0.1, -0.05) is 0 Å². The molecule has 0 spiro atoms. The van der Waals surface area contributed by atoms with Crippen LogP contribution in [0, 0.1) is 0 Å². The zero-order chi connectivity index (χ0) is 14.0.